The highest BCUT2D eigenvalue weighted by Gasteiger charge is 2.22. The van der Waals surface area contributed by atoms with Crippen molar-refractivity contribution in [3.8, 4) is 0 Å². The summed E-state index contributed by atoms with van der Waals surface area (Å²) in [5, 5.41) is 3.17. The lowest BCUT2D eigenvalue weighted by atomic mass is 10.2. The van der Waals surface area contributed by atoms with Crippen LogP contribution < -0.4 is 5.73 Å². The molecule has 0 aliphatic carbocycles. The second-order valence-corrected chi connectivity index (χ2v) is 5.66. The molecule has 1 saturated heterocycles. The van der Waals surface area contributed by atoms with E-state index in [2.05, 4.69) is 10.4 Å². The lowest BCUT2D eigenvalue weighted by Gasteiger charge is -2.15. The third-order valence-electron chi connectivity index (χ3n) is 3.07. The number of amides is 1. The third kappa shape index (κ3) is 3.51. The van der Waals surface area contributed by atoms with E-state index in [9.17, 15) is 4.79 Å². The number of aryl methyl sites for hydroxylation is 2. The highest BCUT2D eigenvalue weighted by molar-refractivity contribution is 7.09. The summed E-state index contributed by atoms with van der Waals surface area (Å²) in [6.45, 7) is 3.56. The molecule has 1 aromatic heterocycles. The van der Waals surface area contributed by atoms with Crippen molar-refractivity contribution in [3.63, 3.8) is 0 Å². The predicted octanol–water partition coefficient (Wildman–Crippen LogP) is 1.33. The van der Waals surface area contributed by atoms with Crippen molar-refractivity contribution in [2.45, 2.75) is 38.6 Å². The zero-order chi connectivity index (χ0) is 12.3. The van der Waals surface area contributed by atoms with Gasteiger partial charge in [-0.2, -0.15) is 0 Å². The van der Waals surface area contributed by atoms with Crippen molar-refractivity contribution in [2.24, 2.45) is 5.73 Å². The van der Waals surface area contributed by atoms with Gasteiger partial charge in [0.25, 0.3) is 0 Å². The fourth-order valence-corrected chi connectivity index (χ4v) is 2.76. The van der Waals surface area contributed by atoms with E-state index < -0.39 is 0 Å². The Kier molecular flexibility index (Phi) is 4.12. The average molecular weight is 253 g/mol. The number of thiazole rings is 1. The number of aromatic nitrogens is 1. The number of carbonyl (C=O) groups is 1. The molecule has 0 aromatic carbocycles. The molecule has 5 heteroatoms. The minimum absolute atomic E-state index is 0.181. The van der Waals surface area contributed by atoms with Crippen LogP contribution >= 0.6 is 11.3 Å². The van der Waals surface area contributed by atoms with Crippen molar-refractivity contribution in [1.82, 2.24) is 9.88 Å². The van der Waals surface area contributed by atoms with Crippen LogP contribution in [0, 0.1) is 6.92 Å². The molecule has 2 N–H and O–H groups in total. The average Bonchev–Trinajstić information content (AvgIpc) is 2.88. The molecular formula is C12H19N3OS. The molecule has 1 aliphatic heterocycles. The van der Waals surface area contributed by atoms with Crippen molar-refractivity contribution in [3.05, 3.63) is 16.1 Å². The quantitative estimate of drug-likeness (QED) is 0.880. The fourth-order valence-electron chi connectivity index (χ4n) is 2.12. The Morgan fingerprint density at radius 1 is 1.71 bits per heavy atom. The summed E-state index contributed by atoms with van der Waals surface area (Å²) in [5.41, 5.74) is 6.89. The normalized spacial score (nSPS) is 19.9. The van der Waals surface area contributed by atoms with E-state index in [0.717, 1.165) is 43.1 Å². The maximum absolute atomic E-state index is 11.8. The number of hydrogen-bond donors (Lipinski definition) is 1. The molecule has 1 atom stereocenters. The monoisotopic (exact) mass is 253 g/mol. The van der Waals surface area contributed by atoms with Gasteiger partial charge in [-0.1, -0.05) is 0 Å². The fraction of sp³-hybridized carbons (Fsp3) is 0.667. The summed E-state index contributed by atoms with van der Waals surface area (Å²) in [5.74, 6) is 0.241. The van der Waals surface area contributed by atoms with Crippen LogP contribution in [0.15, 0.2) is 5.38 Å². The Labute approximate surface area is 106 Å². The number of nitrogens with zero attached hydrogens (tertiary/aromatic N) is 2. The first-order chi connectivity index (χ1) is 8.15. The number of hydrogen-bond acceptors (Lipinski definition) is 4. The van der Waals surface area contributed by atoms with Gasteiger partial charge in [-0.25, -0.2) is 4.98 Å². The van der Waals surface area contributed by atoms with Crippen LogP contribution in [0.5, 0.6) is 0 Å². The minimum atomic E-state index is 0.181. The first kappa shape index (κ1) is 12.5. The Morgan fingerprint density at radius 2 is 2.53 bits per heavy atom. The molecule has 2 heterocycles. The topological polar surface area (TPSA) is 59.2 Å². The summed E-state index contributed by atoms with van der Waals surface area (Å²) in [4.78, 5) is 18.1. The first-order valence-corrected chi connectivity index (χ1v) is 6.97. The number of likely N-dealkylation sites (tertiary alicyclic amines) is 1. The van der Waals surface area contributed by atoms with E-state index in [-0.39, 0.29) is 11.9 Å². The van der Waals surface area contributed by atoms with Gasteiger partial charge < -0.3 is 10.6 Å². The van der Waals surface area contributed by atoms with Crippen LogP contribution in [0.3, 0.4) is 0 Å². The number of nitrogens with two attached hydrogens (primary N) is 1. The van der Waals surface area contributed by atoms with Gasteiger partial charge in [0.15, 0.2) is 0 Å². The van der Waals surface area contributed by atoms with E-state index in [4.69, 9.17) is 5.73 Å². The molecule has 2 rings (SSSR count). The SMILES string of the molecule is Cc1nc(CCCC(=O)N2CC[C@@H](N)C2)cs1. The van der Waals surface area contributed by atoms with Gasteiger partial charge in [-0.15, -0.1) is 11.3 Å². The molecule has 1 amide bonds. The van der Waals surface area contributed by atoms with Crippen molar-refractivity contribution in [1.29, 1.82) is 0 Å². The largest absolute Gasteiger partial charge is 0.341 e. The van der Waals surface area contributed by atoms with Gasteiger partial charge in [-0.3, -0.25) is 4.79 Å². The van der Waals surface area contributed by atoms with Crippen molar-refractivity contribution < 1.29 is 4.79 Å². The van der Waals surface area contributed by atoms with E-state index in [1.165, 1.54) is 0 Å². The molecule has 0 bridgehead atoms. The number of carbonyl (C=O) groups excluding carboxylic acids is 1. The predicted molar refractivity (Wildman–Crippen MR) is 69.0 cm³/mol. The standard InChI is InChI=1S/C12H19N3OS/c1-9-14-11(8-17-9)3-2-4-12(16)15-6-5-10(13)7-15/h8,10H,2-7,13H2,1H3/t10-/m1/s1. The summed E-state index contributed by atoms with van der Waals surface area (Å²) in [6, 6.07) is 0.181. The molecule has 0 radical (unpaired) electrons. The maximum Gasteiger partial charge on any atom is 0.222 e. The Morgan fingerprint density at radius 3 is 3.12 bits per heavy atom. The van der Waals surface area contributed by atoms with Gasteiger partial charge >= 0.3 is 0 Å². The summed E-state index contributed by atoms with van der Waals surface area (Å²) in [7, 11) is 0. The molecule has 0 saturated carbocycles. The highest BCUT2D eigenvalue weighted by atomic mass is 32.1. The van der Waals surface area contributed by atoms with Gasteiger partial charge in [0.2, 0.25) is 5.91 Å². The van der Waals surface area contributed by atoms with Gasteiger partial charge in [0, 0.05) is 30.9 Å². The van der Waals surface area contributed by atoms with Crippen LogP contribution in [0.4, 0.5) is 0 Å². The van der Waals surface area contributed by atoms with Crippen LogP contribution in [0.1, 0.15) is 30.0 Å². The summed E-state index contributed by atoms with van der Waals surface area (Å²) in [6.07, 6.45) is 3.34. The third-order valence-corrected chi connectivity index (χ3v) is 3.89. The summed E-state index contributed by atoms with van der Waals surface area (Å²) >= 11 is 1.67. The van der Waals surface area contributed by atoms with Crippen LogP contribution in [0.25, 0.3) is 0 Å². The lowest BCUT2D eigenvalue weighted by Crippen LogP contribution is -2.31. The Balaban J connectivity index is 1.70. The summed E-state index contributed by atoms with van der Waals surface area (Å²) < 4.78 is 0. The van der Waals surface area contributed by atoms with E-state index >= 15 is 0 Å². The van der Waals surface area contributed by atoms with Gasteiger partial charge in [-0.05, 0) is 26.2 Å². The molecule has 1 fully saturated rings. The van der Waals surface area contributed by atoms with E-state index in [1.807, 2.05) is 11.8 Å². The lowest BCUT2D eigenvalue weighted by molar-refractivity contribution is -0.130. The van der Waals surface area contributed by atoms with E-state index in [1.54, 1.807) is 11.3 Å². The second kappa shape index (κ2) is 5.60. The smallest absolute Gasteiger partial charge is 0.222 e. The number of rotatable bonds is 4. The zero-order valence-corrected chi connectivity index (χ0v) is 11.0. The molecule has 4 nitrogen and oxygen atoms in total. The van der Waals surface area contributed by atoms with Gasteiger partial charge in [0.1, 0.15) is 0 Å². The molecule has 17 heavy (non-hydrogen) atoms. The van der Waals surface area contributed by atoms with E-state index in [0.29, 0.717) is 6.42 Å². The molecule has 1 aliphatic rings. The highest BCUT2D eigenvalue weighted by Crippen LogP contribution is 2.13. The Hall–Kier alpha value is -0.940. The van der Waals surface area contributed by atoms with Crippen molar-refractivity contribution in [2.75, 3.05) is 13.1 Å². The molecule has 0 spiro atoms. The van der Waals surface area contributed by atoms with Crippen LogP contribution in [-0.2, 0) is 11.2 Å². The Bertz CT molecular complexity index is 391. The van der Waals surface area contributed by atoms with Crippen LogP contribution in [-0.4, -0.2) is 34.9 Å². The molecule has 94 valence electrons. The van der Waals surface area contributed by atoms with Crippen LogP contribution in [0.2, 0.25) is 0 Å². The minimum Gasteiger partial charge on any atom is -0.341 e. The zero-order valence-electron chi connectivity index (χ0n) is 10.2. The van der Waals surface area contributed by atoms with Gasteiger partial charge in [0.05, 0.1) is 10.7 Å². The molecular weight excluding hydrogens is 234 g/mol. The molecule has 1 aromatic rings. The van der Waals surface area contributed by atoms with Crippen molar-refractivity contribution >= 4 is 17.2 Å². The first-order valence-electron chi connectivity index (χ1n) is 6.09. The molecule has 0 unspecified atom stereocenters. The maximum atomic E-state index is 11.8. The second-order valence-electron chi connectivity index (χ2n) is 4.60.